The lowest BCUT2D eigenvalue weighted by molar-refractivity contribution is -0.0182. The topological polar surface area (TPSA) is 29.5 Å². The Morgan fingerprint density at radius 1 is 1.31 bits per heavy atom. The Balaban J connectivity index is 2.89. The molecule has 0 fully saturated rings. The van der Waals surface area contributed by atoms with Gasteiger partial charge in [-0.05, 0) is 31.4 Å². The summed E-state index contributed by atoms with van der Waals surface area (Å²) in [5.74, 6) is 0. The van der Waals surface area contributed by atoms with Crippen molar-refractivity contribution in [3.63, 3.8) is 0 Å². The normalized spacial score (nSPS) is 14.8. The molecular weight excluding hydrogens is 200 g/mol. The number of aliphatic hydroxyl groups excluding tert-OH is 1. The van der Waals surface area contributed by atoms with E-state index in [4.69, 9.17) is 4.74 Å². The summed E-state index contributed by atoms with van der Waals surface area (Å²) in [4.78, 5) is 0. The SMILES string of the molecule is CCCC(OC)C(O)c1ccc(C)cc1C. The van der Waals surface area contributed by atoms with Gasteiger partial charge in [0.05, 0.1) is 6.10 Å². The van der Waals surface area contributed by atoms with Gasteiger partial charge in [0.15, 0.2) is 0 Å². The van der Waals surface area contributed by atoms with Crippen molar-refractivity contribution in [3.8, 4) is 0 Å². The fourth-order valence-corrected chi connectivity index (χ4v) is 2.05. The predicted octanol–water partition coefficient (Wildman–Crippen LogP) is 3.15. The molecule has 0 saturated heterocycles. The fourth-order valence-electron chi connectivity index (χ4n) is 2.05. The van der Waals surface area contributed by atoms with Crippen LogP contribution in [0.1, 0.15) is 42.6 Å². The summed E-state index contributed by atoms with van der Waals surface area (Å²) < 4.78 is 5.34. The Morgan fingerprint density at radius 2 is 2.00 bits per heavy atom. The van der Waals surface area contributed by atoms with Crippen molar-refractivity contribution in [2.24, 2.45) is 0 Å². The number of aliphatic hydroxyl groups is 1. The maximum absolute atomic E-state index is 10.3. The average molecular weight is 222 g/mol. The molecule has 0 aliphatic rings. The second-order valence-electron chi connectivity index (χ2n) is 4.37. The van der Waals surface area contributed by atoms with Crippen LogP contribution in [0.2, 0.25) is 0 Å². The Hall–Kier alpha value is -0.860. The number of hydrogen-bond acceptors (Lipinski definition) is 2. The van der Waals surface area contributed by atoms with Crippen LogP contribution in [0.15, 0.2) is 18.2 Å². The quantitative estimate of drug-likeness (QED) is 0.829. The zero-order valence-corrected chi connectivity index (χ0v) is 10.7. The van der Waals surface area contributed by atoms with Crippen LogP contribution < -0.4 is 0 Å². The molecule has 2 atom stereocenters. The van der Waals surface area contributed by atoms with E-state index in [9.17, 15) is 5.11 Å². The molecule has 1 rings (SSSR count). The highest BCUT2D eigenvalue weighted by Gasteiger charge is 2.20. The van der Waals surface area contributed by atoms with Gasteiger partial charge in [-0.1, -0.05) is 37.1 Å². The summed E-state index contributed by atoms with van der Waals surface area (Å²) in [5.41, 5.74) is 3.33. The first-order valence-corrected chi connectivity index (χ1v) is 5.88. The van der Waals surface area contributed by atoms with E-state index in [1.807, 2.05) is 19.1 Å². The van der Waals surface area contributed by atoms with E-state index >= 15 is 0 Å². The summed E-state index contributed by atoms with van der Waals surface area (Å²) in [7, 11) is 1.66. The molecule has 0 aromatic heterocycles. The summed E-state index contributed by atoms with van der Waals surface area (Å²) in [6.45, 7) is 6.19. The number of aryl methyl sites for hydroxylation is 2. The van der Waals surface area contributed by atoms with Gasteiger partial charge in [0.1, 0.15) is 6.10 Å². The number of benzene rings is 1. The smallest absolute Gasteiger partial charge is 0.105 e. The molecule has 0 bridgehead atoms. The van der Waals surface area contributed by atoms with Gasteiger partial charge in [-0.3, -0.25) is 0 Å². The van der Waals surface area contributed by atoms with Crippen LogP contribution in [0.4, 0.5) is 0 Å². The lowest BCUT2D eigenvalue weighted by atomic mass is 9.96. The van der Waals surface area contributed by atoms with Gasteiger partial charge < -0.3 is 9.84 Å². The monoisotopic (exact) mass is 222 g/mol. The van der Waals surface area contributed by atoms with Crippen LogP contribution in [0.5, 0.6) is 0 Å². The van der Waals surface area contributed by atoms with E-state index in [0.717, 1.165) is 24.0 Å². The van der Waals surface area contributed by atoms with Gasteiger partial charge in [0.2, 0.25) is 0 Å². The Labute approximate surface area is 98.3 Å². The molecule has 0 aliphatic carbocycles. The third-order valence-electron chi connectivity index (χ3n) is 2.97. The van der Waals surface area contributed by atoms with Crippen molar-refractivity contribution in [3.05, 3.63) is 34.9 Å². The highest BCUT2D eigenvalue weighted by molar-refractivity contribution is 5.32. The number of methoxy groups -OCH3 is 1. The molecule has 0 spiro atoms. The maximum Gasteiger partial charge on any atom is 0.105 e. The van der Waals surface area contributed by atoms with Crippen LogP contribution in [-0.4, -0.2) is 18.3 Å². The van der Waals surface area contributed by atoms with Crippen molar-refractivity contribution >= 4 is 0 Å². The molecule has 0 radical (unpaired) electrons. The largest absolute Gasteiger partial charge is 0.386 e. The molecular formula is C14H22O2. The second-order valence-corrected chi connectivity index (χ2v) is 4.37. The minimum atomic E-state index is -0.523. The highest BCUT2D eigenvalue weighted by atomic mass is 16.5. The molecule has 0 amide bonds. The van der Waals surface area contributed by atoms with Gasteiger partial charge in [-0.15, -0.1) is 0 Å². The zero-order chi connectivity index (χ0) is 12.1. The summed E-state index contributed by atoms with van der Waals surface area (Å²) >= 11 is 0. The molecule has 90 valence electrons. The van der Waals surface area contributed by atoms with Crippen molar-refractivity contribution in [2.45, 2.75) is 45.8 Å². The molecule has 0 saturated carbocycles. The number of hydrogen-bond donors (Lipinski definition) is 1. The molecule has 2 nitrogen and oxygen atoms in total. The van der Waals surface area contributed by atoms with Crippen molar-refractivity contribution in [2.75, 3.05) is 7.11 Å². The minimum absolute atomic E-state index is 0.105. The van der Waals surface area contributed by atoms with E-state index < -0.39 is 6.10 Å². The van der Waals surface area contributed by atoms with E-state index in [2.05, 4.69) is 19.9 Å². The molecule has 0 heterocycles. The maximum atomic E-state index is 10.3. The summed E-state index contributed by atoms with van der Waals surface area (Å²) in [6.07, 6.45) is 1.27. The van der Waals surface area contributed by atoms with Crippen LogP contribution in [-0.2, 0) is 4.74 Å². The lowest BCUT2D eigenvalue weighted by Crippen LogP contribution is -2.21. The third-order valence-corrected chi connectivity index (χ3v) is 2.97. The fraction of sp³-hybridized carbons (Fsp3) is 0.571. The van der Waals surface area contributed by atoms with Gasteiger partial charge in [0, 0.05) is 7.11 Å². The Morgan fingerprint density at radius 3 is 2.50 bits per heavy atom. The Kier molecular flexibility index (Phi) is 4.97. The van der Waals surface area contributed by atoms with Gasteiger partial charge in [-0.2, -0.15) is 0 Å². The summed E-state index contributed by atoms with van der Waals surface area (Å²) in [6, 6.07) is 6.12. The van der Waals surface area contributed by atoms with E-state index in [1.165, 1.54) is 5.56 Å². The first-order chi connectivity index (χ1) is 7.60. The molecule has 16 heavy (non-hydrogen) atoms. The van der Waals surface area contributed by atoms with E-state index in [-0.39, 0.29) is 6.10 Å². The standard InChI is InChI=1S/C14H22O2/c1-5-6-13(16-4)14(15)12-8-7-10(2)9-11(12)3/h7-9,13-15H,5-6H2,1-4H3. The lowest BCUT2D eigenvalue weighted by Gasteiger charge is -2.23. The van der Waals surface area contributed by atoms with Crippen LogP contribution in [0.25, 0.3) is 0 Å². The van der Waals surface area contributed by atoms with Crippen molar-refractivity contribution in [1.82, 2.24) is 0 Å². The van der Waals surface area contributed by atoms with Crippen molar-refractivity contribution in [1.29, 1.82) is 0 Å². The van der Waals surface area contributed by atoms with Crippen molar-refractivity contribution < 1.29 is 9.84 Å². The van der Waals surface area contributed by atoms with E-state index in [1.54, 1.807) is 7.11 Å². The molecule has 2 heteroatoms. The first kappa shape index (κ1) is 13.2. The zero-order valence-electron chi connectivity index (χ0n) is 10.7. The van der Waals surface area contributed by atoms with Crippen LogP contribution in [0, 0.1) is 13.8 Å². The van der Waals surface area contributed by atoms with Crippen LogP contribution in [0.3, 0.4) is 0 Å². The second kappa shape index (κ2) is 6.02. The first-order valence-electron chi connectivity index (χ1n) is 5.88. The average Bonchev–Trinajstić information content (AvgIpc) is 2.25. The predicted molar refractivity (Wildman–Crippen MR) is 66.6 cm³/mol. The third kappa shape index (κ3) is 3.06. The molecule has 1 N–H and O–H groups in total. The summed E-state index contributed by atoms with van der Waals surface area (Å²) in [5, 5.41) is 10.3. The van der Waals surface area contributed by atoms with Gasteiger partial charge in [0.25, 0.3) is 0 Å². The minimum Gasteiger partial charge on any atom is -0.386 e. The van der Waals surface area contributed by atoms with E-state index in [0.29, 0.717) is 0 Å². The Bertz CT molecular complexity index is 334. The number of rotatable bonds is 5. The molecule has 1 aromatic carbocycles. The molecule has 2 unspecified atom stereocenters. The number of ether oxygens (including phenoxy) is 1. The molecule has 1 aromatic rings. The molecule has 0 aliphatic heterocycles. The van der Waals surface area contributed by atoms with Gasteiger partial charge in [-0.25, -0.2) is 0 Å². The van der Waals surface area contributed by atoms with Gasteiger partial charge >= 0.3 is 0 Å². The highest BCUT2D eigenvalue weighted by Crippen LogP contribution is 2.25. The van der Waals surface area contributed by atoms with Crippen LogP contribution >= 0.6 is 0 Å².